The highest BCUT2D eigenvalue weighted by molar-refractivity contribution is 7.13. The Labute approximate surface area is 149 Å². The van der Waals surface area contributed by atoms with Gasteiger partial charge in [-0.1, -0.05) is 6.07 Å². The number of aromatic nitrogens is 3. The predicted molar refractivity (Wildman–Crippen MR) is 97.1 cm³/mol. The largest absolute Gasteiger partial charge is 0.352 e. The van der Waals surface area contributed by atoms with E-state index in [-0.39, 0.29) is 11.5 Å². The van der Waals surface area contributed by atoms with Crippen LogP contribution in [0.3, 0.4) is 0 Å². The van der Waals surface area contributed by atoms with Crippen LogP contribution in [0.1, 0.15) is 18.4 Å². The summed E-state index contributed by atoms with van der Waals surface area (Å²) in [5, 5.41) is 9.21. The normalized spacial score (nSPS) is 10.6. The fraction of sp³-hybridized carbons (Fsp3) is 0.222. The third kappa shape index (κ3) is 4.84. The van der Waals surface area contributed by atoms with Crippen molar-refractivity contribution in [3.63, 3.8) is 0 Å². The van der Waals surface area contributed by atoms with Crippen molar-refractivity contribution in [2.75, 3.05) is 0 Å². The van der Waals surface area contributed by atoms with Crippen LogP contribution in [0.15, 0.2) is 59.0 Å². The van der Waals surface area contributed by atoms with Crippen molar-refractivity contribution < 1.29 is 4.79 Å². The zero-order valence-electron chi connectivity index (χ0n) is 13.6. The molecule has 0 fully saturated rings. The number of aryl methyl sites for hydroxylation is 1. The highest BCUT2D eigenvalue weighted by Crippen LogP contribution is 2.21. The number of hydrogen-bond donors (Lipinski definition) is 1. The van der Waals surface area contributed by atoms with Gasteiger partial charge < -0.3 is 5.32 Å². The molecule has 0 saturated heterocycles. The lowest BCUT2D eigenvalue weighted by atomic mass is 10.2. The molecule has 0 spiro atoms. The Hall–Kier alpha value is -2.80. The molecule has 0 atom stereocenters. The van der Waals surface area contributed by atoms with Gasteiger partial charge in [-0.05, 0) is 41.6 Å². The monoisotopic (exact) mass is 354 g/mol. The minimum Gasteiger partial charge on any atom is -0.352 e. The number of hydrogen-bond acceptors (Lipinski definition) is 5. The van der Waals surface area contributed by atoms with Crippen LogP contribution in [-0.4, -0.2) is 20.7 Å². The second-order valence-corrected chi connectivity index (χ2v) is 6.44. The summed E-state index contributed by atoms with van der Waals surface area (Å²) in [5.74, 6) is -0.0423. The second kappa shape index (κ2) is 8.34. The fourth-order valence-corrected chi connectivity index (χ4v) is 3.03. The Kier molecular flexibility index (Phi) is 5.69. The van der Waals surface area contributed by atoms with Crippen molar-refractivity contribution in [2.24, 2.45) is 0 Å². The summed E-state index contributed by atoms with van der Waals surface area (Å²) in [6, 6.07) is 10.9. The molecule has 0 aliphatic carbocycles. The highest BCUT2D eigenvalue weighted by Gasteiger charge is 2.06. The molecule has 0 unspecified atom stereocenters. The molecule has 128 valence electrons. The van der Waals surface area contributed by atoms with Crippen LogP contribution in [0.5, 0.6) is 0 Å². The van der Waals surface area contributed by atoms with Gasteiger partial charge in [-0.2, -0.15) is 5.10 Å². The standard InChI is InChI=1S/C18H18N4O2S/c23-17(20-13-14-7-9-19-10-8-14)4-1-11-22-18(24)6-5-15(21-22)16-3-2-12-25-16/h2-3,5-10,12H,1,4,11,13H2,(H,20,23). The van der Waals surface area contributed by atoms with Crippen molar-refractivity contribution in [3.8, 4) is 10.6 Å². The Morgan fingerprint density at radius 3 is 2.76 bits per heavy atom. The van der Waals surface area contributed by atoms with E-state index >= 15 is 0 Å². The average Bonchev–Trinajstić information content (AvgIpc) is 3.17. The van der Waals surface area contributed by atoms with E-state index in [0.717, 1.165) is 16.1 Å². The SMILES string of the molecule is O=C(CCCn1nc(-c2cccs2)ccc1=O)NCc1ccncc1. The van der Waals surface area contributed by atoms with E-state index in [2.05, 4.69) is 15.4 Å². The summed E-state index contributed by atoms with van der Waals surface area (Å²) in [4.78, 5) is 28.8. The number of nitrogens with zero attached hydrogens (tertiary/aromatic N) is 3. The topological polar surface area (TPSA) is 76.9 Å². The lowest BCUT2D eigenvalue weighted by molar-refractivity contribution is -0.121. The lowest BCUT2D eigenvalue weighted by Gasteiger charge is -2.07. The van der Waals surface area contributed by atoms with Gasteiger partial charge >= 0.3 is 0 Å². The third-order valence-electron chi connectivity index (χ3n) is 3.65. The first kappa shape index (κ1) is 17.0. The van der Waals surface area contributed by atoms with E-state index in [1.54, 1.807) is 29.8 Å². The number of amides is 1. The molecule has 1 N–H and O–H groups in total. The molecule has 0 aliphatic rings. The summed E-state index contributed by atoms with van der Waals surface area (Å²) >= 11 is 1.58. The maximum atomic E-state index is 11.9. The highest BCUT2D eigenvalue weighted by atomic mass is 32.1. The molecule has 3 aromatic rings. The average molecular weight is 354 g/mol. The molecule has 0 saturated carbocycles. The van der Waals surface area contributed by atoms with E-state index in [1.165, 1.54) is 10.7 Å². The summed E-state index contributed by atoms with van der Waals surface area (Å²) in [5.41, 5.74) is 1.62. The van der Waals surface area contributed by atoms with Gasteiger partial charge in [0.1, 0.15) is 5.69 Å². The van der Waals surface area contributed by atoms with Crippen molar-refractivity contribution in [1.82, 2.24) is 20.1 Å². The molecule has 0 aromatic carbocycles. The number of carbonyl (C=O) groups is 1. The molecule has 1 amide bonds. The second-order valence-electron chi connectivity index (χ2n) is 5.49. The molecular formula is C18H18N4O2S. The number of carbonyl (C=O) groups excluding carboxylic acids is 1. The van der Waals surface area contributed by atoms with Gasteiger partial charge in [0.2, 0.25) is 5.91 Å². The van der Waals surface area contributed by atoms with Crippen LogP contribution < -0.4 is 10.9 Å². The molecule has 25 heavy (non-hydrogen) atoms. The zero-order valence-corrected chi connectivity index (χ0v) is 14.4. The minimum absolute atomic E-state index is 0.0423. The molecular weight excluding hydrogens is 336 g/mol. The van der Waals surface area contributed by atoms with Gasteiger partial charge in [-0.3, -0.25) is 14.6 Å². The summed E-state index contributed by atoms with van der Waals surface area (Å²) < 4.78 is 1.42. The van der Waals surface area contributed by atoms with Crippen LogP contribution in [0.4, 0.5) is 0 Å². The van der Waals surface area contributed by atoms with E-state index < -0.39 is 0 Å². The van der Waals surface area contributed by atoms with Crippen LogP contribution in [0.2, 0.25) is 0 Å². The first-order chi connectivity index (χ1) is 12.2. The summed E-state index contributed by atoms with van der Waals surface area (Å²) in [6.07, 6.45) is 4.30. The molecule has 0 radical (unpaired) electrons. The lowest BCUT2D eigenvalue weighted by Crippen LogP contribution is -2.25. The molecule has 3 heterocycles. The quantitative estimate of drug-likeness (QED) is 0.707. The molecule has 0 aliphatic heterocycles. The van der Waals surface area contributed by atoms with Crippen LogP contribution in [0.25, 0.3) is 10.6 Å². The van der Waals surface area contributed by atoms with E-state index in [1.807, 2.05) is 29.6 Å². The third-order valence-corrected chi connectivity index (χ3v) is 4.55. The smallest absolute Gasteiger partial charge is 0.266 e. The Morgan fingerprint density at radius 1 is 1.16 bits per heavy atom. The predicted octanol–water partition coefficient (Wildman–Crippen LogP) is 2.46. The van der Waals surface area contributed by atoms with E-state index in [0.29, 0.717) is 25.9 Å². The van der Waals surface area contributed by atoms with Crippen LogP contribution >= 0.6 is 11.3 Å². The van der Waals surface area contributed by atoms with Gasteiger partial charge in [0.25, 0.3) is 5.56 Å². The van der Waals surface area contributed by atoms with Crippen LogP contribution in [0, 0.1) is 0 Å². The van der Waals surface area contributed by atoms with Gasteiger partial charge in [0.05, 0.1) is 4.88 Å². The molecule has 6 nitrogen and oxygen atoms in total. The molecule has 0 bridgehead atoms. The molecule has 3 rings (SSSR count). The van der Waals surface area contributed by atoms with Gasteiger partial charge in [-0.15, -0.1) is 11.3 Å². The maximum Gasteiger partial charge on any atom is 0.266 e. The molecule has 3 aromatic heterocycles. The first-order valence-electron chi connectivity index (χ1n) is 8.00. The first-order valence-corrected chi connectivity index (χ1v) is 8.88. The van der Waals surface area contributed by atoms with Crippen LogP contribution in [-0.2, 0) is 17.9 Å². The van der Waals surface area contributed by atoms with Crippen molar-refractivity contribution >= 4 is 17.2 Å². The minimum atomic E-state index is -0.155. The number of nitrogens with one attached hydrogen (secondary N) is 1. The van der Waals surface area contributed by atoms with E-state index in [4.69, 9.17) is 0 Å². The number of rotatable bonds is 7. The van der Waals surface area contributed by atoms with Gasteiger partial charge in [0.15, 0.2) is 0 Å². The maximum absolute atomic E-state index is 11.9. The Bertz CT molecular complexity index is 876. The molecule has 7 heteroatoms. The van der Waals surface area contributed by atoms with Gasteiger partial charge in [0, 0.05) is 38.0 Å². The Balaban J connectivity index is 1.51. The van der Waals surface area contributed by atoms with Crippen molar-refractivity contribution in [1.29, 1.82) is 0 Å². The Morgan fingerprint density at radius 2 is 2.00 bits per heavy atom. The van der Waals surface area contributed by atoms with Crippen molar-refractivity contribution in [2.45, 2.75) is 25.9 Å². The number of thiophene rings is 1. The van der Waals surface area contributed by atoms with Gasteiger partial charge in [-0.25, -0.2) is 4.68 Å². The summed E-state index contributed by atoms with van der Waals surface area (Å²) in [6.45, 7) is 0.897. The fourth-order valence-electron chi connectivity index (χ4n) is 2.34. The van der Waals surface area contributed by atoms with E-state index in [9.17, 15) is 9.59 Å². The zero-order chi connectivity index (χ0) is 17.5. The van der Waals surface area contributed by atoms with Crippen molar-refractivity contribution in [3.05, 3.63) is 70.1 Å². The number of pyridine rings is 1. The summed E-state index contributed by atoms with van der Waals surface area (Å²) in [7, 11) is 0.